The van der Waals surface area contributed by atoms with Crippen molar-refractivity contribution in [2.45, 2.75) is 37.1 Å². The fourth-order valence-corrected chi connectivity index (χ4v) is 3.10. The molecule has 0 spiro atoms. The van der Waals surface area contributed by atoms with Gasteiger partial charge in [-0.25, -0.2) is 17.7 Å². The average Bonchev–Trinajstić information content (AvgIpc) is 3.14. The van der Waals surface area contributed by atoms with Crippen LogP contribution in [0, 0.1) is 0 Å². The third-order valence-electron chi connectivity index (χ3n) is 2.92. The van der Waals surface area contributed by atoms with Crippen LogP contribution in [0.5, 0.6) is 0 Å². The Hall–Kier alpha value is -1.14. The molecule has 1 N–H and O–H groups in total. The molecule has 2 rings (SSSR count). The molecule has 1 aliphatic rings. The smallest absolute Gasteiger partial charge is 0.246 e. The average molecular weight is 269 g/mol. The van der Waals surface area contributed by atoms with Crippen LogP contribution < -0.4 is 5.32 Å². The van der Waals surface area contributed by atoms with E-state index in [1.165, 1.54) is 4.31 Å². The molecule has 100 valence electrons. The zero-order chi connectivity index (χ0) is 13.2. The van der Waals surface area contributed by atoms with Gasteiger partial charge >= 0.3 is 0 Å². The molecule has 0 bridgehead atoms. The maximum absolute atomic E-state index is 12.4. The zero-order valence-corrected chi connectivity index (χ0v) is 11.6. The summed E-state index contributed by atoms with van der Waals surface area (Å²) in [5.74, 6) is 0.475. The number of nitrogens with zero attached hydrogens (tertiary/aromatic N) is 2. The number of rotatable bonds is 6. The first kappa shape index (κ1) is 13.3. The van der Waals surface area contributed by atoms with Crippen LogP contribution in [0.2, 0.25) is 0 Å². The second kappa shape index (κ2) is 5.24. The molecule has 1 aromatic rings. The van der Waals surface area contributed by atoms with Crippen molar-refractivity contribution in [3.63, 3.8) is 0 Å². The second-order valence-corrected chi connectivity index (χ2v) is 6.61. The highest BCUT2D eigenvalue weighted by Gasteiger charge is 2.28. The van der Waals surface area contributed by atoms with Gasteiger partial charge in [0, 0.05) is 25.8 Å². The quantitative estimate of drug-likeness (QED) is 0.853. The Morgan fingerprint density at radius 3 is 2.83 bits per heavy atom. The van der Waals surface area contributed by atoms with Gasteiger partial charge in [-0.15, -0.1) is 0 Å². The number of sulfonamides is 1. The molecule has 1 aliphatic carbocycles. The Morgan fingerprint density at radius 1 is 1.50 bits per heavy atom. The molecule has 0 aliphatic heterocycles. The molecule has 1 fully saturated rings. The lowest BCUT2D eigenvalue weighted by Gasteiger charge is -2.18. The summed E-state index contributed by atoms with van der Waals surface area (Å²) in [7, 11) is -1.84. The summed E-state index contributed by atoms with van der Waals surface area (Å²) in [5.41, 5.74) is 0. The van der Waals surface area contributed by atoms with E-state index in [4.69, 9.17) is 0 Å². The first-order valence-corrected chi connectivity index (χ1v) is 7.67. The second-order valence-electron chi connectivity index (χ2n) is 4.60. The van der Waals surface area contributed by atoms with Crippen molar-refractivity contribution in [3.8, 4) is 0 Å². The Kier molecular flexibility index (Phi) is 3.87. The van der Waals surface area contributed by atoms with Crippen LogP contribution in [0.3, 0.4) is 0 Å². The predicted molar refractivity (Wildman–Crippen MR) is 71.0 cm³/mol. The number of nitrogens with one attached hydrogen (secondary N) is 1. The van der Waals surface area contributed by atoms with Crippen molar-refractivity contribution in [2.24, 2.45) is 0 Å². The summed E-state index contributed by atoms with van der Waals surface area (Å²) in [6, 6.07) is 3.65. The maximum atomic E-state index is 12.4. The number of aromatic nitrogens is 1. The van der Waals surface area contributed by atoms with Gasteiger partial charge in [0.05, 0.1) is 0 Å². The summed E-state index contributed by atoms with van der Waals surface area (Å²) < 4.78 is 26.2. The van der Waals surface area contributed by atoms with Crippen LogP contribution >= 0.6 is 0 Å². The molecule has 0 atom stereocenters. The van der Waals surface area contributed by atoms with Crippen LogP contribution in [-0.2, 0) is 10.0 Å². The zero-order valence-electron chi connectivity index (χ0n) is 10.8. The van der Waals surface area contributed by atoms with Crippen LogP contribution in [0.1, 0.15) is 26.2 Å². The molecular weight excluding hydrogens is 250 g/mol. The maximum Gasteiger partial charge on any atom is 0.246 e. The third-order valence-corrected chi connectivity index (χ3v) is 4.80. The lowest BCUT2D eigenvalue weighted by molar-refractivity contribution is 0.468. The Balaban J connectivity index is 2.30. The molecule has 6 heteroatoms. The van der Waals surface area contributed by atoms with E-state index in [2.05, 4.69) is 10.3 Å². The summed E-state index contributed by atoms with van der Waals surface area (Å²) >= 11 is 0. The topological polar surface area (TPSA) is 62.3 Å². The summed E-state index contributed by atoms with van der Waals surface area (Å²) in [6.45, 7) is 2.47. The highest BCUT2D eigenvalue weighted by Crippen LogP contribution is 2.28. The van der Waals surface area contributed by atoms with Gasteiger partial charge in [0.1, 0.15) is 10.7 Å². The van der Waals surface area contributed by atoms with Crippen molar-refractivity contribution >= 4 is 15.8 Å². The van der Waals surface area contributed by atoms with E-state index in [0.29, 0.717) is 18.4 Å². The van der Waals surface area contributed by atoms with Crippen molar-refractivity contribution in [1.82, 2.24) is 9.29 Å². The van der Waals surface area contributed by atoms with Crippen LogP contribution in [0.25, 0.3) is 0 Å². The molecule has 1 saturated carbocycles. The number of hydrogen-bond acceptors (Lipinski definition) is 4. The minimum Gasteiger partial charge on any atom is -0.366 e. The van der Waals surface area contributed by atoms with Crippen LogP contribution in [0.4, 0.5) is 5.82 Å². The monoisotopic (exact) mass is 269 g/mol. The van der Waals surface area contributed by atoms with Crippen molar-refractivity contribution in [1.29, 1.82) is 0 Å². The minimum absolute atomic E-state index is 0.271. The van der Waals surface area contributed by atoms with Gasteiger partial charge in [-0.05, 0) is 31.4 Å². The van der Waals surface area contributed by atoms with Crippen LogP contribution in [0.15, 0.2) is 23.2 Å². The van der Waals surface area contributed by atoms with Gasteiger partial charge in [-0.2, -0.15) is 0 Å². The lowest BCUT2D eigenvalue weighted by Crippen LogP contribution is -2.28. The molecule has 0 saturated heterocycles. The molecule has 18 heavy (non-hydrogen) atoms. The standard InChI is InChI=1S/C12H19N3O2S/c1-3-9-15(2)18(16,17)11-5-4-8-13-12(11)14-10-6-7-10/h4-5,8,10H,3,6-7,9H2,1-2H3,(H,13,14). The van der Waals surface area contributed by atoms with Crippen molar-refractivity contribution in [2.75, 3.05) is 18.9 Å². The third kappa shape index (κ3) is 2.81. The van der Waals surface area contributed by atoms with Gasteiger partial charge in [0.25, 0.3) is 0 Å². The fourth-order valence-electron chi connectivity index (χ4n) is 1.73. The summed E-state index contributed by atoms with van der Waals surface area (Å²) in [6.07, 6.45) is 4.58. The van der Waals surface area contributed by atoms with E-state index < -0.39 is 10.0 Å². The Bertz CT molecular complexity index is 512. The van der Waals surface area contributed by atoms with E-state index in [-0.39, 0.29) is 4.90 Å². The minimum atomic E-state index is -3.44. The molecule has 5 nitrogen and oxygen atoms in total. The van der Waals surface area contributed by atoms with Crippen molar-refractivity contribution in [3.05, 3.63) is 18.3 Å². The van der Waals surface area contributed by atoms with Gasteiger partial charge in [0.15, 0.2) is 0 Å². The number of pyridine rings is 1. The molecule has 1 aromatic heterocycles. The Labute approximate surface area is 108 Å². The van der Waals surface area contributed by atoms with Crippen molar-refractivity contribution < 1.29 is 8.42 Å². The highest BCUT2D eigenvalue weighted by atomic mass is 32.2. The summed E-state index contributed by atoms with van der Waals surface area (Å²) in [4.78, 5) is 4.42. The van der Waals surface area contributed by atoms with E-state index >= 15 is 0 Å². The molecule has 0 radical (unpaired) electrons. The van der Waals surface area contributed by atoms with Crippen LogP contribution in [-0.4, -0.2) is 37.3 Å². The number of hydrogen-bond donors (Lipinski definition) is 1. The number of anilines is 1. The fraction of sp³-hybridized carbons (Fsp3) is 0.583. The van der Waals surface area contributed by atoms with E-state index in [9.17, 15) is 8.42 Å². The molecule has 1 heterocycles. The lowest BCUT2D eigenvalue weighted by atomic mass is 10.4. The molecule has 0 unspecified atom stereocenters. The van der Waals surface area contributed by atoms with Gasteiger partial charge in [-0.1, -0.05) is 6.92 Å². The van der Waals surface area contributed by atoms with Gasteiger partial charge in [-0.3, -0.25) is 0 Å². The van der Waals surface area contributed by atoms with Gasteiger partial charge < -0.3 is 5.32 Å². The van der Waals surface area contributed by atoms with E-state index in [0.717, 1.165) is 19.3 Å². The normalized spacial score (nSPS) is 15.9. The SMILES string of the molecule is CCCN(C)S(=O)(=O)c1cccnc1NC1CC1. The van der Waals surface area contributed by atoms with E-state index in [1.54, 1.807) is 25.4 Å². The molecular formula is C12H19N3O2S. The largest absolute Gasteiger partial charge is 0.366 e. The van der Waals surface area contributed by atoms with Gasteiger partial charge in [0.2, 0.25) is 10.0 Å². The first-order chi connectivity index (χ1) is 8.55. The molecule has 0 amide bonds. The predicted octanol–water partition coefficient (Wildman–Crippen LogP) is 1.69. The van der Waals surface area contributed by atoms with E-state index in [1.807, 2.05) is 6.92 Å². The first-order valence-electron chi connectivity index (χ1n) is 6.23. The molecule has 0 aromatic carbocycles. The summed E-state index contributed by atoms with van der Waals surface area (Å²) in [5, 5.41) is 3.17. The Morgan fingerprint density at radius 2 is 2.22 bits per heavy atom. The highest BCUT2D eigenvalue weighted by molar-refractivity contribution is 7.89.